The predicted octanol–water partition coefficient (Wildman–Crippen LogP) is 1.50. The molecule has 1 saturated heterocycles. The number of hydrogen-bond donors (Lipinski definition) is 1. The lowest BCUT2D eigenvalue weighted by Crippen LogP contribution is -2.20. The average Bonchev–Trinajstić information content (AvgIpc) is 2.67. The third-order valence-electron chi connectivity index (χ3n) is 2.63. The van der Waals surface area contributed by atoms with Crippen LogP contribution in [0.25, 0.3) is 0 Å². The highest BCUT2D eigenvalue weighted by Gasteiger charge is 2.34. The first-order valence-electron chi connectivity index (χ1n) is 4.64. The van der Waals surface area contributed by atoms with Crippen molar-refractivity contribution in [3.8, 4) is 0 Å². The Morgan fingerprint density at radius 2 is 2.00 bits per heavy atom. The first-order chi connectivity index (χ1) is 6.79. The van der Waals surface area contributed by atoms with Crippen molar-refractivity contribution in [2.45, 2.75) is 5.92 Å². The van der Waals surface area contributed by atoms with Crippen LogP contribution in [0.3, 0.4) is 0 Å². The summed E-state index contributed by atoms with van der Waals surface area (Å²) in [6.07, 6.45) is 0. The van der Waals surface area contributed by atoms with Crippen LogP contribution >= 0.6 is 0 Å². The number of carboxylic acids is 1. The largest absolute Gasteiger partial charge is 0.481 e. The third kappa shape index (κ3) is 1.63. The fraction of sp³-hybridized carbons (Fsp3) is 0.364. The van der Waals surface area contributed by atoms with Crippen LogP contribution in [-0.2, 0) is 9.53 Å². The van der Waals surface area contributed by atoms with Crippen molar-refractivity contribution >= 4 is 5.97 Å². The number of hydrogen-bond acceptors (Lipinski definition) is 2. The minimum Gasteiger partial charge on any atom is -0.481 e. The van der Waals surface area contributed by atoms with E-state index in [1.807, 2.05) is 30.3 Å². The Labute approximate surface area is 82.3 Å². The number of benzene rings is 1. The van der Waals surface area contributed by atoms with Gasteiger partial charge in [0.05, 0.1) is 19.1 Å². The Morgan fingerprint density at radius 1 is 1.29 bits per heavy atom. The predicted molar refractivity (Wildman–Crippen MR) is 51.1 cm³/mol. The van der Waals surface area contributed by atoms with Gasteiger partial charge in [-0.3, -0.25) is 4.79 Å². The van der Waals surface area contributed by atoms with Crippen LogP contribution in [0.2, 0.25) is 0 Å². The normalized spacial score (nSPS) is 26.3. The molecule has 0 saturated carbocycles. The van der Waals surface area contributed by atoms with Crippen molar-refractivity contribution in [3.63, 3.8) is 0 Å². The molecular formula is C11H12O3. The molecule has 1 aliphatic heterocycles. The third-order valence-corrected chi connectivity index (χ3v) is 2.63. The Hall–Kier alpha value is -1.35. The van der Waals surface area contributed by atoms with Crippen LogP contribution in [0.5, 0.6) is 0 Å². The lowest BCUT2D eigenvalue weighted by atomic mass is 9.89. The van der Waals surface area contributed by atoms with Gasteiger partial charge in [-0.25, -0.2) is 0 Å². The molecule has 14 heavy (non-hydrogen) atoms. The van der Waals surface area contributed by atoms with Gasteiger partial charge in [-0.05, 0) is 5.56 Å². The first kappa shape index (κ1) is 9.21. The molecule has 3 heteroatoms. The summed E-state index contributed by atoms with van der Waals surface area (Å²) in [5.74, 6) is -1.15. The van der Waals surface area contributed by atoms with Gasteiger partial charge < -0.3 is 9.84 Å². The maximum absolute atomic E-state index is 10.9. The summed E-state index contributed by atoms with van der Waals surface area (Å²) >= 11 is 0. The van der Waals surface area contributed by atoms with E-state index in [2.05, 4.69) is 0 Å². The smallest absolute Gasteiger partial charge is 0.309 e. The summed E-state index contributed by atoms with van der Waals surface area (Å²) in [7, 11) is 0. The second-order valence-electron chi connectivity index (χ2n) is 3.50. The van der Waals surface area contributed by atoms with E-state index in [1.165, 1.54) is 0 Å². The monoisotopic (exact) mass is 192 g/mol. The number of ether oxygens (including phenoxy) is 1. The molecule has 0 unspecified atom stereocenters. The molecule has 1 aromatic carbocycles. The van der Waals surface area contributed by atoms with Gasteiger partial charge in [-0.2, -0.15) is 0 Å². The van der Waals surface area contributed by atoms with Crippen molar-refractivity contribution in [2.24, 2.45) is 5.92 Å². The standard InChI is InChI=1S/C11H12O3/c12-11(13)10-7-14-6-9(10)8-4-2-1-3-5-8/h1-5,9-10H,6-7H2,(H,12,13)/t9-,10+/m0/s1. The highest BCUT2D eigenvalue weighted by molar-refractivity contribution is 5.72. The molecule has 1 N–H and O–H groups in total. The first-order valence-corrected chi connectivity index (χ1v) is 4.64. The van der Waals surface area contributed by atoms with E-state index in [-0.39, 0.29) is 5.92 Å². The summed E-state index contributed by atoms with van der Waals surface area (Å²) < 4.78 is 5.20. The minimum atomic E-state index is -0.767. The van der Waals surface area contributed by atoms with Gasteiger partial charge in [0.25, 0.3) is 0 Å². The van der Waals surface area contributed by atoms with Crippen molar-refractivity contribution < 1.29 is 14.6 Å². The minimum absolute atomic E-state index is 0.00806. The zero-order chi connectivity index (χ0) is 9.97. The van der Waals surface area contributed by atoms with Gasteiger partial charge in [0.1, 0.15) is 0 Å². The Kier molecular flexibility index (Phi) is 2.50. The second-order valence-corrected chi connectivity index (χ2v) is 3.50. The van der Waals surface area contributed by atoms with Gasteiger partial charge in [-0.1, -0.05) is 30.3 Å². The SMILES string of the molecule is O=C(O)[C@@H]1COC[C@H]1c1ccccc1. The molecule has 2 rings (SSSR count). The molecule has 3 nitrogen and oxygen atoms in total. The maximum atomic E-state index is 10.9. The second kappa shape index (κ2) is 3.80. The topological polar surface area (TPSA) is 46.5 Å². The average molecular weight is 192 g/mol. The van der Waals surface area contributed by atoms with Gasteiger partial charge >= 0.3 is 5.97 Å². The van der Waals surface area contributed by atoms with Crippen LogP contribution in [-0.4, -0.2) is 24.3 Å². The van der Waals surface area contributed by atoms with Crippen molar-refractivity contribution in [2.75, 3.05) is 13.2 Å². The highest BCUT2D eigenvalue weighted by Crippen LogP contribution is 2.30. The van der Waals surface area contributed by atoms with Crippen LogP contribution in [0.15, 0.2) is 30.3 Å². The molecule has 1 aliphatic rings. The van der Waals surface area contributed by atoms with Crippen LogP contribution < -0.4 is 0 Å². The van der Waals surface area contributed by atoms with Crippen LogP contribution in [0.4, 0.5) is 0 Å². The van der Waals surface area contributed by atoms with E-state index >= 15 is 0 Å². The van der Waals surface area contributed by atoms with Crippen LogP contribution in [0.1, 0.15) is 11.5 Å². The summed E-state index contributed by atoms with van der Waals surface area (Å²) in [5.41, 5.74) is 1.05. The van der Waals surface area contributed by atoms with Gasteiger partial charge in [-0.15, -0.1) is 0 Å². The molecule has 0 bridgehead atoms. The molecule has 0 spiro atoms. The number of rotatable bonds is 2. The van der Waals surface area contributed by atoms with E-state index in [9.17, 15) is 4.79 Å². The molecule has 74 valence electrons. The zero-order valence-corrected chi connectivity index (χ0v) is 7.72. The number of carbonyl (C=O) groups is 1. The van der Waals surface area contributed by atoms with E-state index in [0.717, 1.165) is 5.56 Å². The van der Waals surface area contributed by atoms with Gasteiger partial charge in [0.15, 0.2) is 0 Å². The lowest BCUT2D eigenvalue weighted by molar-refractivity contribution is -0.142. The molecule has 0 amide bonds. The van der Waals surface area contributed by atoms with Crippen molar-refractivity contribution in [1.82, 2.24) is 0 Å². The summed E-state index contributed by atoms with van der Waals surface area (Å²) in [5, 5.41) is 8.96. The fourth-order valence-electron chi connectivity index (χ4n) is 1.83. The van der Waals surface area contributed by atoms with Gasteiger partial charge in [0, 0.05) is 5.92 Å². The van der Waals surface area contributed by atoms with Crippen LogP contribution in [0, 0.1) is 5.92 Å². The Bertz CT molecular complexity index is 321. The fourth-order valence-corrected chi connectivity index (χ4v) is 1.83. The Balaban J connectivity index is 2.22. The van der Waals surface area contributed by atoms with Crippen molar-refractivity contribution in [1.29, 1.82) is 0 Å². The molecule has 1 fully saturated rings. The van der Waals surface area contributed by atoms with E-state index < -0.39 is 11.9 Å². The molecule has 0 aliphatic carbocycles. The van der Waals surface area contributed by atoms with Crippen molar-refractivity contribution in [3.05, 3.63) is 35.9 Å². The van der Waals surface area contributed by atoms with Gasteiger partial charge in [0.2, 0.25) is 0 Å². The highest BCUT2D eigenvalue weighted by atomic mass is 16.5. The summed E-state index contributed by atoms with van der Waals surface area (Å²) in [4.78, 5) is 10.9. The summed E-state index contributed by atoms with van der Waals surface area (Å²) in [6.45, 7) is 0.843. The lowest BCUT2D eigenvalue weighted by Gasteiger charge is -2.13. The molecule has 0 radical (unpaired) electrons. The molecule has 1 heterocycles. The zero-order valence-electron chi connectivity index (χ0n) is 7.72. The molecule has 2 atom stereocenters. The van der Waals surface area contributed by atoms with E-state index in [0.29, 0.717) is 13.2 Å². The molecule has 1 aromatic rings. The molecular weight excluding hydrogens is 180 g/mol. The van der Waals surface area contributed by atoms with E-state index in [4.69, 9.17) is 9.84 Å². The number of carboxylic acid groups (broad SMARTS) is 1. The Morgan fingerprint density at radius 3 is 2.64 bits per heavy atom. The maximum Gasteiger partial charge on any atom is 0.309 e. The quantitative estimate of drug-likeness (QED) is 0.772. The van der Waals surface area contributed by atoms with E-state index in [1.54, 1.807) is 0 Å². The number of aliphatic carboxylic acids is 1. The molecule has 0 aromatic heterocycles. The summed E-state index contributed by atoms with van der Waals surface area (Å²) in [6, 6.07) is 9.68.